The number of hydrogen-bond donors (Lipinski definition) is 2. The number of sulfonamides is 1. The Hall–Kier alpha value is -2.91. The average molecular weight is 432 g/mol. The van der Waals surface area contributed by atoms with Crippen molar-refractivity contribution in [2.75, 3.05) is 19.0 Å². The van der Waals surface area contributed by atoms with E-state index >= 15 is 0 Å². The summed E-state index contributed by atoms with van der Waals surface area (Å²) in [5.41, 5.74) is 0.551. The molecule has 2 aromatic rings. The first kappa shape index (κ1) is 21.8. The Morgan fingerprint density at radius 2 is 1.70 bits per heavy atom. The van der Waals surface area contributed by atoms with Crippen LogP contribution in [0.2, 0.25) is 0 Å². The van der Waals surface area contributed by atoms with Crippen LogP contribution in [0.15, 0.2) is 53.4 Å². The van der Waals surface area contributed by atoms with Crippen molar-refractivity contribution in [2.24, 2.45) is 0 Å². The minimum absolute atomic E-state index is 0.0116. The lowest BCUT2D eigenvalue weighted by atomic mass is 10.2. The molecule has 0 atom stereocenters. The fraction of sp³-hybridized carbons (Fsp3) is 0.333. The topological polar surface area (TPSA) is 111 Å². The Morgan fingerprint density at radius 3 is 2.37 bits per heavy atom. The van der Waals surface area contributed by atoms with E-state index < -0.39 is 21.9 Å². The Bertz CT molecular complexity index is 998. The molecule has 0 spiro atoms. The molecule has 0 unspecified atom stereocenters. The lowest BCUT2D eigenvalue weighted by Crippen LogP contribution is -2.32. The number of nitrogens with one attached hydrogen (secondary N) is 2. The number of anilines is 1. The summed E-state index contributed by atoms with van der Waals surface area (Å²) >= 11 is 0. The molecule has 0 aliphatic heterocycles. The van der Waals surface area contributed by atoms with Gasteiger partial charge in [0.25, 0.3) is 5.91 Å². The highest BCUT2D eigenvalue weighted by Crippen LogP contribution is 2.22. The monoisotopic (exact) mass is 432 g/mol. The van der Waals surface area contributed by atoms with Crippen LogP contribution in [0.25, 0.3) is 0 Å². The van der Waals surface area contributed by atoms with Crippen molar-refractivity contribution in [3.8, 4) is 5.75 Å². The number of methoxy groups -OCH3 is 1. The van der Waals surface area contributed by atoms with E-state index in [4.69, 9.17) is 9.47 Å². The van der Waals surface area contributed by atoms with Gasteiger partial charge in [0.15, 0.2) is 6.61 Å². The number of rotatable bonds is 8. The third-order valence-electron chi connectivity index (χ3n) is 4.79. The van der Waals surface area contributed by atoms with E-state index in [2.05, 4.69) is 10.0 Å². The lowest BCUT2D eigenvalue weighted by molar-refractivity contribution is -0.118. The third-order valence-corrected chi connectivity index (χ3v) is 6.32. The van der Waals surface area contributed by atoms with Gasteiger partial charge in [0, 0.05) is 6.04 Å². The summed E-state index contributed by atoms with van der Waals surface area (Å²) in [5.74, 6) is -0.674. The predicted octanol–water partition coefficient (Wildman–Crippen LogP) is 2.71. The quantitative estimate of drug-likeness (QED) is 0.621. The number of benzene rings is 2. The predicted molar refractivity (Wildman–Crippen MR) is 111 cm³/mol. The molecule has 1 aliphatic rings. The molecule has 1 fully saturated rings. The molecule has 0 aromatic heterocycles. The Morgan fingerprint density at radius 1 is 1.03 bits per heavy atom. The van der Waals surface area contributed by atoms with E-state index in [0.717, 1.165) is 25.7 Å². The Balaban J connectivity index is 1.56. The molecule has 1 aliphatic carbocycles. The molecular weight excluding hydrogens is 408 g/mol. The van der Waals surface area contributed by atoms with Crippen molar-refractivity contribution in [1.29, 1.82) is 0 Å². The summed E-state index contributed by atoms with van der Waals surface area (Å²) in [5, 5.41) is 2.60. The van der Waals surface area contributed by atoms with Crippen LogP contribution in [0.5, 0.6) is 5.75 Å². The van der Waals surface area contributed by atoms with Gasteiger partial charge < -0.3 is 14.8 Å². The summed E-state index contributed by atoms with van der Waals surface area (Å²) in [6.45, 7) is -0.304. The molecule has 160 valence electrons. The van der Waals surface area contributed by atoms with E-state index in [9.17, 15) is 18.0 Å². The van der Waals surface area contributed by atoms with Crippen molar-refractivity contribution < 1.29 is 27.5 Å². The van der Waals surface area contributed by atoms with E-state index in [1.54, 1.807) is 24.3 Å². The van der Waals surface area contributed by atoms with Crippen molar-refractivity contribution in [3.63, 3.8) is 0 Å². The maximum atomic E-state index is 12.4. The molecule has 3 rings (SSSR count). The standard InChI is InChI=1S/C21H24N2O6S/c1-28-21(25)18-8-4-5-9-19(18)22-20(24)14-29-16-10-12-17(13-11-16)30(26,27)23-15-6-2-3-7-15/h4-5,8-13,15,23H,2-3,6-7,14H2,1H3,(H,22,24). The van der Waals surface area contributed by atoms with Gasteiger partial charge in [0.1, 0.15) is 5.75 Å². The Kier molecular flexibility index (Phi) is 7.07. The molecule has 0 bridgehead atoms. The van der Waals surface area contributed by atoms with Crippen molar-refractivity contribution in [1.82, 2.24) is 4.72 Å². The van der Waals surface area contributed by atoms with Gasteiger partial charge in [-0.2, -0.15) is 0 Å². The zero-order chi connectivity index (χ0) is 21.6. The van der Waals surface area contributed by atoms with Crippen LogP contribution in [-0.4, -0.2) is 40.1 Å². The fourth-order valence-corrected chi connectivity index (χ4v) is 4.57. The second-order valence-corrected chi connectivity index (χ2v) is 8.66. The van der Waals surface area contributed by atoms with Crippen molar-refractivity contribution >= 4 is 27.6 Å². The highest BCUT2D eigenvalue weighted by molar-refractivity contribution is 7.89. The number of ether oxygens (including phenoxy) is 2. The molecule has 1 saturated carbocycles. The molecule has 2 N–H and O–H groups in total. The van der Waals surface area contributed by atoms with Crippen LogP contribution in [0.3, 0.4) is 0 Å². The van der Waals surface area contributed by atoms with Crippen LogP contribution in [0.1, 0.15) is 36.0 Å². The third kappa shape index (κ3) is 5.58. The lowest BCUT2D eigenvalue weighted by Gasteiger charge is -2.13. The zero-order valence-corrected chi connectivity index (χ0v) is 17.4. The SMILES string of the molecule is COC(=O)c1ccccc1NC(=O)COc1ccc(S(=O)(=O)NC2CCCC2)cc1. The second kappa shape index (κ2) is 9.73. The number of amides is 1. The average Bonchev–Trinajstić information content (AvgIpc) is 3.24. The molecule has 1 amide bonds. The smallest absolute Gasteiger partial charge is 0.339 e. The molecule has 0 heterocycles. The Labute approximate surface area is 175 Å². The molecule has 0 radical (unpaired) electrons. The van der Waals surface area contributed by atoms with Gasteiger partial charge in [0.05, 0.1) is 23.3 Å². The van der Waals surface area contributed by atoms with Crippen LogP contribution in [0, 0.1) is 0 Å². The van der Waals surface area contributed by atoms with Gasteiger partial charge in [-0.1, -0.05) is 25.0 Å². The number of para-hydroxylation sites is 1. The first-order valence-corrected chi connectivity index (χ1v) is 11.1. The molecule has 9 heteroatoms. The first-order valence-electron chi connectivity index (χ1n) is 9.61. The largest absolute Gasteiger partial charge is 0.484 e. The van der Waals surface area contributed by atoms with Crippen LogP contribution < -0.4 is 14.8 Å². The summed E-state index contributed by atoms with van der Waals surface area (Å²) in [6.07, 6.45) is 3.78. The van der Waals surface area contributed by atoms with Crippen molar-refractivity contribution in [3.05, 3.63) is 54.1 Å². The molecule has 30 heavy (non-hydrogen) atoms. The van der Waals surface area contributed by atoms with E-state index in [1.165, 1.54) is 31.4 Å². The van der Waals surface area contributed by atoms with Gasteiger partial charge >= 0.3 is 5.97 Å². The van der Waals surface area contributed by atoms with E-state index in [-0.39, 0.29) is 23.1 Å². The molecule has 8 nitrogen and oxygen atoms in total. The highest BCUT2D eigenvalue weighted by Gasteiger charge is 2.22. The van der Waals surface area contributed by atoms with Gasteiger partial charge in [-0.3, -0.25) is 4.79 Å². The fourth-order valence-electron chi connectivity index (χ4n) is 3.26. The van der Waals surface area contributed by atoms with Crippen LogP contribution in [-0.2, 0) is 19.6 Å². The number of carbonyl (C=O) groups excluding carboxylic acids is 2. The van der Waals surface area contributed by atoms with E-state index in [0.29, 0.717) is 11.4 Å². The summed E-state index contributed by atoms with van der Waals surface area (Å²) in [6, 6.07) is 12.3. The van der Waals surface area contributed by atoms with Gasteiger partial charge in [-0.05, 0) is 49.2 Å². The maximum Gasteiger partial charge on any atom is 0.339 e. The van der Waals surface area contributed by atoms with Crippen molar-refractivity contribution in [2.45, 2.75) is 36.6 Å². The van der Waals surface area contributed by atoms with Gasteiger partial charge in [0.2, 0.25) is 10.0 Å². The van der Waals surface area contributed by atoms with Crippen LogP contribution in [0.4, 0.5) is 5.69 Å². The minimum atomic E-state index is -3.58. The second-order valence-electron chi connectivity index (χ2n) is 6.95. The van der Waals surface area contributed by atoms with Crippen LogP contribution >= 0.6 is 0 Å². The minimum Gasteiger partial charge on any atom is -0.484 e. The highest BCUT2D eigenvalue weighted by atomic mass is 32.2. The number of esters is 1. The van der Waals surface area contributed by atoms with Gasteiger partial charge in [-0.25, -0.2) is 17.9 Å². The normalized spacial score (nSPS) is 14.3. The number of hydrogen-bond acceptors (Lipinski definition) is 6. The van der Waals surface area contributed by atoms with Gasteiger partial charge in [-0.15, -0.1) is 0 Å². The summed E-state index contributed by atoms with van der Waals surface area (Å²) in [7, 11) is -2.32. The summed E-state index contributed by atoms with van der Waals surface area (Å²) in [4.78, 5) is 24.1. The molecular formula is C21H24N2O6S. The molecule has 2 aromatic carbocycles. The molecule has 0 saturated heterocycles. The maximum absolute atomic E-state index is 12.4. The van der Waals surface area contributed by atoms with E-state index in [1.807, 2.05) is 0 Å². The first-order chi connectivity index (χ1) is 14.4. The summed E-state index contributed by atoms with van der Waals surface area (Å²) < 4.78 is 37.7. The number of carbonyl (C=O) groups is 2. The zero-order valence-electron chi connectivity index (χ0n) is 16.6.